The molecule has 4 heteroatoms. The third kappa shape index (κ3) is 4.04. The molecule has 1 aromatic carbocycles. The highest BCUT2D eigenvalue weighted by atomic mass is 16.3. The fourth-order valence-corrected chi connectivity index (χ4v) is 2.38. The lowest BCUT2D eigenvalue weighted by molar-refractivity contribution is -0.118. The Bertz CT molecular complexity index is 430. The van der Waals surface area contributed by atoms with E-state index in [0.717, 1.165) is 24.1 Å². The van der Waals surface area contributed by atoms with E-state index in [-0.39, 0.29) is 12.5 Å². The van der Waals surface area contributed by atoms with Gasteiger partial charge in [0.2, 0.25) is 5.91 Å². The Morgan fingerprint density at radius 1 is 1.47 bits per heavy atom. The van der Waals surface area contributed by atoms with Gasteiger partial charge < -0.3 is 10.4 Å². The van der Waals surface area contributed by atoms with Gasteiger partial charge in [-0.2, -0.15) is 0 Å². The number of aliphatic hydroxyl groups excluding tert-OH is 1. The summed E-state index contributed by atoms with van der Waals surface area (Å²) in [7, 11) is 0. The van der Waals surface area contributed by atoms with Gasteiger partial charge in [-0.1, -0.05) is 18.6 Å². The normalized spacial score (nSPS) is 15.3. The maximum absolute atomic E-state index is 12.0. The van der Waals surface area contributed by atoms with Crippen LogP contribution in [0.25, 0.3) is 0 Å². The van der Waals surface area contributed by atoms with Crippen molar-refractivity contribution in [2.24, 2.45) is 0 Å². The number of hydrogen-bond donors (Lipinski definition) is 2. The van der Waals surface area contributed by atoms with Gasteiger partial charge in [0.25, 0.3) is 0 Å². The zero-order valence-electron chi connectivity index (χ0n) is 11.4. The number of aryl methyl sites for hydroxylation is 1. The molecule has 104 valence electrons. The second-order valence-corrected chi connectivity index (χ2v) is 5.20. The van der Waals surface area contributed by atoms with Crippen molar-refractivity contribution in [1.82, 2.24) is 4.90 Å². The van der Waals surface area contributed by atoms with E-state index in [9.17, 15) is 4.79 Å². The smallest absolute Gasteiger partial charge is 0.238 e. The van der Waals surface area contributed by atoms with E-state index < -0.39 is 0 Å². The van der Waals surface area contributed by atoms with Crippen LogP contribution in [-0.4, -0.2) is 41.7 Å². The van der Waals surface area contributed by atoms with Crippen molar-refractivity contribution in [3.8, 4) is 0 Å². The molecule has 2 rings (SSSR count). The van der Waals surface area contributed by atoms with Gasteiger partial charge in [0, 0.05) is 18.3 Å². The van der Waals surface area contributed by atoms with Crippen LogP contribution in [0.5, 0.6) is 0 Å². The molecule has 2 N–H and O–H groups in total. The lowest BCUT2D eigenvalue weighted by Gasteiger charge is -2.36. The van der Waals surface area contributed by atoms with E-state index in [0.29, 0.717) is 19.1 Å². The SMILES string of the molecule is Cc1cccc(NC(=O)CN(CCO)C2CCC2)c1. The molecule has 0 aliphatic heterocycles. The summed E-state index contributed by atoms with van der Waals surface area (Å²) >= 11 is 0. The predicted molar refractivity (Wildman–Crippen MR) is 76.1 cm³/mol. The first kappa shape index (κ1) is 14.0. The Morgan fingerprint density at radius 2 is 2.26 bits per heavy atom. The minimum absolute atomic E-state index is 0.00838. The summed E-state index contributed by atoms with van der Waals surface area (Å²) in [5.74, 6) is -0.00838. The monoisotopic (exact) mass is 262 g/mol. The summed E-state index contributed by atoms with van der Waals surface area (Å²) in [5, 5.41) is 12.0. The number of anilines is 1. The topological polar surface area (TPSA) is 52.6 Å². The third-order valence-corrected chi connectivity index (χ3v) is 3.63. The molecule has 1 fully saturated rings. The summed E-state index contributed by atoms with van der Waals surface area (Å²) in [6.07, 6.45) is 3.50. The van der Waals surface area contributed by atoms with Crippen LogP contribution in [0.15, 0.2) is 24.3 Å². The molecule has 19 heavy (non-hydrogen) atoms. The van der Waals surface area contributed by atoms with Crippen LogP contribution < -0.4 is 5.32 Å². The van der Waals surface area contributed by atoms with Gasteiger partial charge in [-0.3, -0.25) is 9.69 Å². The first-order chi connectivity index (χ1) is 9.19. The number of hydrogen-bond acceptors (Lipinski definition) is 3. The van der Waals surface area contributed by atoms with Gasteiger partial charge in [-0.05, 0) is 37.5 Å². The van der Waals surface area contributed by atoms with Crippen LogP contribution >= 0.6 is 0 Å². The van der Waals surface area contributed by atoms with Crippen LogP contribution in [0.4, 0.5) is 5.69 Å². The Morgan fingerprint density at radius 3 is 2.84 bits per heavy atom. The number of amides is 1. The maximum Gasteiger partial charge on any atom is 0.238 e. The quantitative estimate of drug-likeness (QED) is 0.821. The van der Waals surface area contributed by atoms with Crippen molar-refractivity contribution in [2.75, 3.05) is 25.0 Å². The molecule has 1 amide bonds. The molecule has 0 heterocycles. The fraction of sp³-hybridized carbons (Fsp3) is 0.533. The van der Waals surface area contributed by atoms with Gasteiger partial charge in [0.1, 0.15) is 0 Å². The lowest BCUT2D eigenvalue weighted by Crippen LogP contribution is -2.45. The number of aliphatic hydroxyl groups is 1. The molecular weight excluding hydrogens is 240 g/mol. The molecule has 0 aromatic heterocycles. The molecular formula is C15H22N2O2. The molecule has 0 atom stereocenters. The number of carbonyl (C=O) groups is 1. The largest absolute Gasteiger partial charge is 0.395 e. The third-order valence-electron chi connectivity index (χ3n) is 3.63. The molecule has 4 nitrogen and oxygen atoms in total. The predicted octanol–water partition coefficient (Wildman–Crippen LogP) is 1.78. The van der Waals surface area contributed by atoms with E-state index in [1.54, 1.807) is 0 Å². The standard InChI is InChI=1S/C15H22N2O2/c1-12-4-2-5-13(10-12)16-15(19)11-17(8-9-18)14-6-3-7-14/h2,4-5,10,14,18H,3,6-9,11H2,1H3,(H,16,19). The summed E-state index contributed by atoms with van der Waals surface area (Å²) < 4.78 is 0. The Balaban J connectivity index is 1.88. The number of benzene rings is 1. The van der Waals surface area contributed by atoms with Crippen molar-refractivity contribution in [3.05, 3.63) is 29.8 Å². The molecule has 1 saturated carbocycles. The highest BCUT2D eigenvalue weighted by molar-refractivity contribution is 5.92. The Labute approximate surface area is 114 Å². The van der Waals surface area contributed by atoms with Crippen LogP contribution in [-0.2, 0) is 4.79 Å². The summed E-state index contributed by atoms with van der Waals surface area (Å²) in [4.78, 5) is 14.1. The minimum Gasteiger partial charge on any atom is -0.395 e. The number of carbonyl (C=O) groups excluding carboxylic acids is 1. The molecule has 0 saturated heterocycles. The van der Waals surface area contributed by atoms with Crippen LogP contribution in [0.1, 0.15) is 24.8 Å². The highest BCUT2D eigenvalue weighted by Crippen LogP contribution is 2.24. The van der Waals surface area contributed by atoms with Crippen LogP contribution in [0.3, 0.4) is 0 Å². The number of rotatable bonds is 6. The zero-order valence-corrected chi connectivity index (χ0v) is 11.4. The number of nitrogens with zero attached hydrogens (tertiary/aromatic N) is 1. The van der Waals surface area contributed by atoms with E-state index in [1.807, 2.05) is 31.2 Å². The average Bonchev–Trinajstić information content (AvgIpc) is 2.26. The van der Waals surface area contributed by atoms with Crippen LogP contribution in [0.2, 0.25) is 0 Å². The Kier molecular flexibility index (Phi) is 4.93. The second-order valence-electron chi connectivity index (χ2n) is 5.20. The Hall–Kier alpha value is -1.39. The van der Waals surface area contributed by atoms with E-state index >= 15 is 0 Å². The lowest BCUT2D eigenvalue weighted by atomic mass is 9.91. The van der Waals surface area contributed by atoms with Crippen molar-refractivity contribution >= 4 is 11.6 Å². The van der Waals surface area contributed by atoms with Gasteiger partial charge in [0.15, 0.2) is 0 Å². The van der Waals surface area contributed by atoms with Gasteiger partial charge in [-0.15, -0.1) is 0 Å². The van der Waals surface area contributed by atoms with Crippen LogP contribution in [0, 0.1) is 6.92 Å². The summed E-state index contributed by atoms with van der Waals surface area (Å²) in [6, 6.07) is 8.25. The van der Waals surface area contributed by atoms with Crippen molar-refractivity contribution in [2.45, 2.75) is 32.2 Å². The van der Waals surface area contributed by atoms with Gasteiger partial charge in [0.05, 0.1) is 13.2 Å². The first-order valence-electron chi connectivity index (χ1n) is 6.90. The average molecular weight is 262 g/mol. The van der Waals surface area contributed by atoms with E-state index in [1.165, 1.54) is 6.42 Å². The fourth-order valence-electron chi connectivity index (χ4n) is 2.38. The summed E-state index contributed by atoms with van der Waals surface area (Å²) in [6.45, 7) is 3.04. The highest BCUT2D eigenvalue weighted by Gasteiger charge is 2.25. The minimum atomic E-state index is -0.00838. The first-order valence-corrected chi connectivity index (χ1v) is 6.90. The summed E-state index contributed by atoms with van der Waals surface area (Å²) in [5.41, 5.74) is 1.96. The van der Waals surface area contributed by atoms with Gasteiger partial charge >= 0.3 is 0 Å². The molecule has 0 radical (unpaired) electrons. The maximum atomic E-state index is 12.0. The second kappa shape index (κ2) is 6.68. The van der Waals surface area contributed by atoms with Crippen molar-refractivity contribution in [3.63, 3.8) is 0 Å². The van der Waals surface area contributed by atoms with Gasteiger partial charge in [-0.25, -0.2) is 0 Å². The molecule has 0 unspecified atom stereocenters. The molecule has 1 aliphatic rings. The molecule has 0 bridgehead atoms. The van der Waals surface area contributed by atoms with Crippen molar-refractivity contribution in [1.29, 1.82) is 0 Å². The molecule has 1 aromatic rings. The molecule has 0 spiro atoms. The van der Waals surface area contributed by atoms with Crippen molar-refractivity contribution < 1.29 is 9.90 Å². The molecule has 1 aliphatic carbocycles. The number of nitrogens with one attached hydrogen (secondary N) is 1. The van der Waals surface area contributed by atoms with E-state index in [2.05, 4.69) is 10.2 Å². The van der Waals surface area contributed by atoms with E-state index in [4.69, 9.17) is 5.11 Å². The zero-order chi connectivity index (χ0) is 13.7.